The first-order valence-corrected chi connectivity index (χ1v) is 8.67. The van der Waals surface area contributed by atoms with Gasteiger partial charge in [-0.2, -0.15) is 0 Å². The second-order valence-electron chi connectivity index (χ2n) is 5.91. The van der Waals surface area contributed by atoms with Crippen LogP contribution >= 0.6 is 0 Å². The molecule has 0 aromatic carbocycles. The van der Waals surface area contributed by atoms with Gasteiger partial charge in [-0.25, -0.2) is 0 Å². The van der Waals surface area contributed by atoms with Gasteiger partial charge in [0.25, 0.3) is 0 Å². The van der Waals surface area contributed by atoms with E-state index in [0.29, 0.717) is 19.8 Å². The summed E-state index contributed by atoms with van der Waals surface area (Å²) in [5.74, 6) is -0.0992. The number of amides is 1. The van der Waals surface area contributed by atoms with Crippen LogP contribution in [0.1, 0.15) is 39.0 Å². The van der Waals surface area contributed by atoms with Crippen molar-refractivity contribution in [2.45, 2.75) is 63.6 Å². The normalized spacial score (nSPS) is 27.2. The number of rotatable bonds is 12. The number of ether oxygens (including phenoxy) is 3. The molecule has 0 aromatic rings. The molecule has 4 N–H and O–H groups in total. The summed E-state index contributed by atoms with van der Waals surface area (Å²) in [6, 6.07) is 0. The van der Waals surface area contributed by atoms with Crippen LogP contribution in [0, 0.1) is 0 Å². The minimum Gasteiger partial charge on any atom is -0.394 e. The molecule has 1 aliphatic heterocycles. The second-order valence-corrected chi connectivity index (χ2v) is 5.91. The molecular weight excluding hydrogens is 318 g/mol. The predicted molar refractivity (Wildman–Crippen MR) is 86.3 cm³/mol. The Morgan fingerprint density at radius 3 is 2.75 bits per heavy atom. The molecular formula is C16H31NO7. The fourth-order valence-corrected chi connectivity index (χ4v) is 2.38. The van der Waals surface area contributed by atoms with Crippen LogP contribution in [0.25, 0.3) is 0 Å². The van der Waals surface area contributed by atoms with Gasteiger partial charge < -0.3 is 34.8 Å². The quantitative estimate of drug-likeness (QED) is 0.352. The number of unbranched alkanes of at least 4 members (excludes halogenated alkanes) is 2. The van der Waals surface area contributed by atoms with Gasteiger partial charge in [-0.1, -0.05) is 6.92 Å². The van der Waals surface area contributed by atoms with Gasteiger partial charge in [-0.3, -0.25) is 4.79 Å². The van der Waals surface area contributed by atoms with E-state index >= 15 is 0 Å². The monoisotopic (exact) mass is 349 g/mol. The van der Waals surface area contributed by atoms with E-state index in [4.69, 9.17) is 19.3 Å². The third-order valence-corrected chi connectivity index (χ3v) is 3.74. The van der Waals surface area contributed by atoms with Gasteiger partial charge in [-0.05, 0) is 25.7 Å². The van der Waals surface area contributed by atoms with E-state index in [2.05, 4.69) is 5.32 Å². The average molecular weight is 349 g/mol. The molecule has 0 bridgehead atoms. The summed E-state index contributed by atoms with van der Waals surface area (Å²) in [7, 11) is 0. The highest BCUT2D eigenvalue weighted by molar-refractivity contribution is 5.77. The highest BCUT2D eigenvalue weighted by Crippen LogP contribution is 2.21. The van der Waals surface area contributed by atoms with E-state index < -0.39 is 24.6 Å². The molecule has 142 valence electrons. The minimum atomic E-state index is -1.08. The smallest absolute Gasteiger partial charge is 0.245 e. The predicted octanol–water partition coefficient (Wildman–Crippen LogP) is -0.455. The molecule has 1 rings (SSSR count). The zero-order valence-electron chi connectivity index (χ0n) is 14.4. The maximum absolute atomic E-state index is 11.4. The van der Waals surface area contributed by atoms with Crippen LogP contribution in [-0.4, -0.2) is 78.8 Å². The molecule has 0 saturated carbocycles. The molecule has 4 atom stereocenters. The fourth-order valence-electron chi connectivity index (χ4n) is 2.38. The summed E-state index contributed by atoms with van der Waals surface area (Å²) in [6.45, 7) is 3.39. The Labute approximate surface area is 143 Å². The largest absolute Gasteiger partial charge is 0.394 e. The van der Waals surface area contributed by atoms with Crippen LogP contribution in [0.3, 0.4) is 0 Å². The van der Waals surface area contributed by atoms with Crippen LogP contribution in [0.15, 0.2) is 0 Å². The lowest BCUT2D eigenvalue weighted by atomic mass is 10.0. The van der Waals surface area contributed by atoms with E-state index in [1.807, 2.05) is 6.92 Å². The third-order valence-electron chi connectivity index (χ3n) is 3.74. The first kappa shape index (κ1) is 21.3. The first-order chi connectivity index (χ1) is 11.6. The highest BCUT2D eigenvalue weighted by Gasteiger charge is 2.36. The summed E-state index contributed by atoms with van der Waals surface area (Å²) in [5.41, 5.74) is 0. The molecule has 1 saturated heterocycles. The summed E-state index contributed by atoms with van der Waals surface area (Å²) in [6.07, 6.45) is 0.140. The number of aliphatic hydroxyl groups is 3. The van der Waals surface area contributed by atoms with Gasteiger partial charge in [0.15, 0.2) is 6.29 Å². The number of hydrogen-bond acceptors (Lipinski definition) is 7. The molecule has 0 aliphatic carbocycles. The zero-order chi connectivity index (χ0) is 17.8. The van der Waals surface area contributed by atoms with E-state index in [-0.39, 0.29) is 25.5 Å². The Bertz CT molecular complexity index is 342. The number of aliphatic hydroxyl groups excluding tert-OH is 3. The van der Waals surface area contributed by atoms with Crippen LogP contribution < -0.4 is 5.32 Å². The summed E-state index contributed by atoms with van der Waals surface area (Å²) < 4.78 is 16.0. The molecule has 8 heteroatoms. The lowest BCUT2D eigenvalue weighted by Crippen LogP contribution is -2.50. The van der Waals surface area contributed by atoms with E-state index in [1.165, 1.54) is 0 Å². The standard InChI is InChI=1S/C16H31NO7/c1-2-7-22-11-14(20)17-6-4-3-5-8-23-15-9-12(19)16(21)13(10-18)24-15/h12-13,15-16,18-19,21H,2-11H2,1H3,(H,17,20)/t12-,13-,15-,16-/m1/s1. The Kier molecular flexibility index (Phi) is 11.1. The van der Waals surface area contributed by atoms with Crippen molar-refractivity contribution >= 4 is 5.91 Å². The maximum Gasteiger partial charge on any atom is 0.245 e. The van der Waals surface area contributed by atoms with Crippen molar-refractivity contribution in [1.82, 2.24) is 5.32 Å². The van der Waals surface area contributed by atoms with Crippen LogP contribution in [-0.2, 0) is 19.0 Å². The number of carbonyl (C=O) groups is 1. The zero-order valence-corrected chi connectivity index (χ0v) is 14.4. The van der Waals surface area contributed by atoms with Gasteiger partial charge in [0.05, 0.1) is 12.7 Å². The number of nitrogens with one attached hydrogen (secondary N) is 1. The maximum atomic E-state index is 11.4. The summed E-state index contributed by atoms with van der Waals surface area (Å²) in [5, 5.41) is 31.2. The van der Waals surface area contributed by atoms with Crippen LogP contribution in [0.2, 0.25) is 0 Å². The Hall–Kier alpha value is -0.770. The van der Waals surface area contributed by atoms with Crippen molar-refractivity contribution in [2.24, 2.45) is 0 Å². The van der Waals surface area contributed by atoms with Crippen molar-refractivity contribution < 1.29 is 34.3 Å². The lowest BCUT2D eigenvalue weighted by molar-refractivity contribution is -0.256. The van der Waals surface area contributed by atoms with Gasteiger partial charge in [0, 0.05) is 26.2 Å². The molecule has 24 heavy (non-hydrogen) atoms. The van der Waals surface area contributed by atoms with Gasteiger partial charge in [-0.15, -0.1) is 0 Å². The second kappa shape index (κ2) is 12.6. The molecule has 1 heterocycles. The first-order valence-electron chi connectivity index (χ1n) is 8.67. The highest BCUT2D eigenvalue weighted by atomic mass is 16.7. The molecule has 0 radical (unpaired) electrons. The van der Waals surface area contributed by atoms with Gasteiger partial charge >= 0.3 is 0 Å². The summed E-state index contributed by atoms with van der Waals surface area (Å²) >= 11 is 0. The Morgan fingerprint density at radius 2 is 2.04 bits per heavy atom. The third kappa shape index (κ3) is 8.36. The molecule has 0 unspecified atom stereocenters. The Morgan fingerprint density at radius 1 is 1.25 bits per heavy atom. The molecule has 1 aliphatic rings. The average Bonchev–Trinajstić information content (AvgIpc) is 2.57. The van der Waals surface area contributed by atoms with Crippen molar-refractivity contribution in [3.05, 3.63) is 0 Å². The van der Waals surface area contributed by atoms with Crippen LogP contribution in [0.4, 0.5) is 0 Å². The van der Waals surface area contributed by atoms with Crippen molar-refractivity contribution in [3.63, 3.8) is 0 Å². The molecule has 8 nitrogen and oxygen atoms in total. The van der Waals surface area contributed by atoms with Crippen LogP contribution in [0.5, 0.6) is 0 Å². The lowest BCUT2D eigenvalue weighted by Gasteiger charge is -2.36. The van der Waals surface area contributed by atoms with Gasteiger partial charge in [0.1, 0.15) is 18.8 Å². The molecule has 1 fully saturated rings. The SMILES string of the molecule is CCCOCC(=O)NCCCCCO[C@H]1C[C@@H](O)[C@@H](O)[C@@H](CO)O1. The van der Waals surface area contributed by atoms with E-state index in [1.54, 1.807) is 0 Å². The minimum absolute atomic E-state index is 0.0992. The molecule has 0 spiro atoms. The fraction of sp³-hybridized carbons (Fsp3) is 0.938. The molecule has 1 amide bonds. The Balaban J connectivity index is 1.99. The number of hydrogen-bond donors (Lipinski definition) is 4. The van der Waals surface area contributed by atoms with Gasteiger partial charge in [0.2, 0.25) is 5.91 Å². The summed E-state index contributed by atoms with van der Waals surface area (Å²) in [4.78, 5) is 11.4. The van der Waals surface area contributed by atoms with Crippen molar-refractivity contribution in [3.8, 4) is 0 Å². The van der Waals surface area contributed by atoms with E-state index in [9.17, 15) is 15.0 Å². The molecule has 0 aromatic heterocycles. The van der Waals surface area contributed by atoms with E-state index in [0.717, 1.165) is 25.7 Å². The van der Waals surface area contributed by atoms with Crippen molar-refractivity contribution in [1.29, 1.82) is 0 Å². The number of carbonyl (C=O) groups excluding carboxylic acids is 1. The topological polar surface area (TPSA) is 117 Å². The van der Waals surface area contributed by atoms with Crippen molar-refractivity contribution in [2.75, 3.05) is 33.0 Å².